The number of benzene rings is 1. The fourth-order valence-electron chi connectivity index (χ4n) is 1.66. The van der Waals surface area contributed by atoms with E-state index in [2.05, 4.69) is 0 Å². The number of nitrogen functional groups attached to an aromatic ring is 1. The van der Waals surface area contributed by atoms with E-state index in [1.165, 1.54) is 28.4 Å². The third-order valence-corrected chi connectivity index (χ3v) is 3.41. The lowest BCUT2D eigenvalue weighted by Crippen LogP contribution is -2.22. The average molecular weight is 264 g/mol. The summed E-state index contributed by atoms with van der Waals surface area (Å²) in [5.41, 5.74) is 7.86. The van der Waals surface area contributed by atoms with Crippen molar-refractivity contribution < 1.29 is 9.18 Å². The minimum absolute atomic E-state index is 0.145. The molecule has 0 aliphatic heterocycles. The monoisotopic (exact) mass is 264 g/mol. The van der Waals surface area contributed by atoms with Gasteiger partial charge in [0.15, 0.2) is 0 Å². The fourth-order valence-corrected chi connectivity index (χ4v) is 2.47. The first kappa shape index (κ1) is 12.6. The molecular weight excluding hydrogens is 251 g/mol. The number of hydrogen-bond acceptors (Lipinski definition) is 3. The van der Waals surface area contributed by atoms with Gasteiger partial charge in [-0.3, -0.25) is 4.79 Å². The van der Waals surface area contributed by atoms with Crippen molar-refractivity contribution >= 4 is 22.2 Å². The second-order valence-electron chi connectivity index (χ2n) is 4.10. The minimum atomic E-state index is -0.303. The topological polar surface area (TPSA) is 46.3 Å². The molecule has 0 unspecified atom stereocenters. The van der Waals surface area contributed by atoms with Gasteiger partial charge < -0.3 is 10.6 Å². The van der Waals surface area contributed by atoms with Crippen LogP contribution in [0.2, 0.25) is 0 Å². The van der Waals surface area contributed by atoms with Crippen LogP contribution in [-0.4, -0.2) is 24.9 Å². The summed E-state index contributed by atoms with van der Waals surface area (Å²) in [4.78, 5) is 13.5. The van der Waals surface area contributed by atoms with Crippen LogP contribution >= 0.6 is 11.3 Å². The Kier molecular flexibility index (Phi) is 3.34. The van der Waals surface area contributed by atoms with E-state index >= 15 is 0 Å². The zero-order valence-corrected chi connectivity index (χ0v) is 10.9. The highest BCUT2D eigenvalue weighted by molar-refractivity contribution is 7.15. The number of hydrogen-bond donors (Lipinski definition) is 1. The molecule has 0 aliphatic carbocycles. The summed E-state index contributed by atoms with van der Waals surface area (Å²) >= 11 is 1.31. The maximum Gasteiger partial charge on any atom is 0.256 e. The molecule has 1 amide bonds. The van der Waals surface area contributed by atoms with Crippen LogP contribution in [0.3, 0.4) is 0 Å². The number of nitrogens with zero attached hydrogens (tertiary/aromatic N) is 1. The first-order chi connectivity index (χ1) is 8.50. The summed E-state index contributed by atoms with van der Waals surface area (Å²) in [5.74, 6) is -0.449. The van der Waals surface area contributed by atoms with Gasteiger partial charge in [-0.1, -0.05) is 12.1 Å². The van der Waals surface area contributed by atoms with Gasteiger partial charge in [0, 0.05) is 25.0 Å². The van der Waals surface area contributed by atoms with Gasteiger partial charge >= 0.3 is 0 Å². The van der Waals surface area contributed by atoms with Gasteiger partial charge in [0.2, 0.25) is 0 Å². The van der Waals surface area contributed by atoms with Crippen LogP contribution in [0.5, 0.6) is 0 Å². The third kappa shape index (κ3) is 2.22. The summed E-state index contributed by atoms with van der Waals surface area (Å²) < 4.78 is 12.9. The van der Waals surface area contributed by atoms with Crippen molar-refractivity contribution in [3.8, 4) is 11.1 Å². The highest BCUT2D eigenvalue weighted by atomic mass is 32.1. The van der Waals surface area contributed by atoms with Gasteiger partial charge in [0.05, 0.1) is 10.6 Å². The smallest absolute Gasteiger partial charge is 0.256 e. The Labute approximate surface area is 109 Å². The molecule has 0 radical (unpaired) electrons. The molecule has 18 heavy (non-hydrogen) atoms. The number of nitrogens with two attached hydrogens (primary N) is 1. The lowest BCUT2D eigenvalue weighted by molar-refractivity contribution is 0.0830. The van der Waals surface area contributed by atoms with Gasteiger partial charge in [0.25, 0.3) is 5.91 Å². The van der Waals surface area contributed by atoms with Gasteiger partial charge in [-0.25, -0.2) is 4.39 Å². The van der Waals surface area contributed by atoms with Crippen molar-refractivity contribution in [2.75, 3.05) is 19.8 Å². The normalized spacial score (nSPS) is 10.4. The van der Waals surface area contributed by atoms with Crippen LogP contribution in [0.4, 0.5) is 9.39 Å². The summed E-state index contributed by atoms with van der Waals surface area (Å²) in [6.07, 6.45) is 0. The van der Waals surface area contributed by atoms with Gasteiger partial charge in [-0.2, -0.15) is 0 Å². The predicted molar refractivity (Wildman–Crippen MR) is 72.1 cm³/mol. The number of amides is 1. The quantitative estimate of drug-likeness (QED) is 0.906. The van der Waals surface area contributed by atoms with Crippen molar-refractivity contribution in [1.29, 1.82) is 0 Å². The summed E-state index contributed by atoms with van der Waals surface area (Å²) in [6.45, 7) is 0. The van der Waals surface area contributed by atoms with Crippen LogP contribution in [0, 0.1) is 5.82 Å². The Hall–Kier alpha value is -1.88. The van der Waals surface area contributed by atoms with Crippen LogP contribution in [0.15, 0.2) is 29.6 Å². The van der Waals surface area contributed by atoms with E-state index in [9.17, 15) is 9.18 Å². The SMILES string of the molecule is CN(C)C(=O)c1c(-c2ccc(F)cc2)csc1N. The molecule has 0 aliphatic rings. The number of carbonyl (C=O) groups excluding carboxylic acids is 1. The van der Waals surface area contributed by atoms with E-state index in [1.54, 1.807) is 26.2 Å². The van der Waals surface area contributed by atoms with Crippen LogP contribution in [-0.2, 0) is 0 Å². The second-order valence-corrected chi connectivity index (χ2v) is 5.01. The van der Waals surface area contributed by atoms with E-state index in [4.69, 9.17) is 5.73 Å². The molecule has 0 spiro atoms. The summed E-state index contributed by atoms with van der Waals surface area (Å²) in [5, 5.41) is 2.30. The summed E-state index contributed by atoms with van der Waals surface area (Å²) in [6, 6.07) is 6.02. The maximum atomic E-state index is 12.9. The van der Waals surface area contributed by atoms with Crippen molar-refractivity contribution in [2.24, 2.45) is 0 Å². The molecule has 1 heterocycles. The molecule has 2 rings (SSSR count). The molecule has 2 aromatic rings. The average Bonchev–Trinajstić information content (AvgIpc) is 2.71. The standard InChI is InChI=1S/C13H13FN2OS/c1-16(2)13(17)11-10(7-18-12(11)15)8-3-5-9(14)6-4-8/h3-7H,15H2,1-2H3. The van der Waals surface area contributed by atoms with Crippen LogP contribution < -0.4 is 5.73 Å². The number of rotatable bonds is 2. The predicted octanol–water partition coefficient (Wildman–Crippen LogP) is 2.84. The Morgan fingerprint density at radius 1 is 1.28 bits per heavy atom. The summed E-state index contributed by atoms with van der Waals surface area (Å²) in [7, 11) is 3.35. The van der Waals surface area contributed by atoms with Crippen molar-refractivity contribution in [3.05, 3.63) is 41.0 Å². The first-order valence-corrected chi connectivity index (χ1v) is 6.23. The van der Waals surface area contributed by atoms with E-state index in [-0.39, 0.29) is 11.7 Å². The van der Waals surface area contributed by atoms with E-state index < -0.39 is 0 Å². The molecule has 0 saturated carbocycles. The molecule has 2 N–H and O–H groups in total. The van der Waals surface area contributed by atoms with E-state index in [0.29, 0.717) is 10.6 Å². The highest BCUT2D eigenvalue weighted by Gasteiger charge is 2.19. The molecule has 1 aromatic carbocycles. The van der Waals surface area contributed by atoms with E-state index in [1.807, 2.05) is 5.38 Å². The molecule has 5 heteroatoms. The Morgan fingerprint density at radius 3 is 2.44 bits per heavy atom. The Balaban J connectivity index is 2.52. The number of carbonyl (C=O) groups is 1. The Morgan fingerprint density at radius 2 is 1.89 bits per heavy atom. The highest BCUT2D eigenvalue weighted by Crippen LogP contribution is 2.34. The number of thiophene rings is 1. The zero-order valence-electron chi connectivity index (χ0n) is 10.1. The van der Waals surface area contributed by atoms with Gasteiger partial charge in [0.1, 0.15) is 5.82 Å². The van der Waals surface area contributed by atoms with Crippen LogP contribution in [0.1, 0.15) is 10.4 Å². The lowest BCUT2D eigenvalue weighted by Gasteiger charge is -2.12. The lowest BCUT2D eigenvalue weighted by atomic mass is 10.0. The molecule has 0 saturated heterocycles. The van der Waals surface area contributed by atoms with Crippen molar-refractivity contribution in [2.45, 2.75) is 0 Å². The van der Waals surface area contributed by atoms with Crippen molar-refractivity contribution in [1.82, 2.24) is 4.90 Å². The minimum Gasteiger partial charge on any atom is -0.390 e. The van der Waals surface area contributed by atoms with Crippen molar-refractivity contribution in [3.63, 3.8) is 0 Å². The molecule has 0 atom stereocenters. The molecule has 3 nitrogen and oxygen atoms in total. The van der Waals surface area contributed by atoms with E-state index in [0.717, 1.165) is 11.1 Å². The van der Waals surface area contributed by atoms with Crippen LogP contribution in [0.25, 0.3) is 11.1 Å². The number of anilines is 1. The fraction of sp³-hybridized carbons (Fsp3) is 0.154. The first-order valence-electron chi connectivity index (χ1n) is 5.35. The molecule has 94 valence electrons. The van der Waals surface area contributed by atoms with Gasteiger partial charge in [-0.05, 0) is 17.7 Å². The molecule has 0 fully saturated rings. The molecule has 0 bridgehead atoms. The number of halogens is 1. The second kappa shape index (κ2) is 4.78. The van der Waals surface area contributed by atoms with Gasteiger partial charge in [-0.15, -0.1) is 11.3 Å². The molecular formula is C13H13FN2OS. The molecule has 1 aromatic heterocycles. The third-order valence-electron chi connectivity index (χ3n) is 2.59. The zero-order chi connectivity index (χ0) is 13.3. The Bertz CT molecular complexity index is 575. The largest absolute Gasteiger partial charge is 0.390 e. The maximum absolute atomic E-state index is 12.9.